The number of nitrogens with zero attached hydrogens (tertiary/aromatic N) is 1. The first-order valence-corrected chi connectivity index (χ1v) is 7.11. The van der Waals surface area contributed by atoms with E-state index in [4.69, 9.17) is 10.5 Å². The van der Waals surface area contributed by atoms with E-state index in [2.05, 4.69) is 10.3 Å². The van der Waals surface area contributed by atoms with Crippen LogP contribution in [0.3, 0.4) is 0 Å². The molecule has 2 heterocycles. The number of nitrogens with two attached hydrogens (primary N) is 1. The summed E-state index contributed by atoms with van der Waals surface area (Å²) in [5.74, 6) is 0.656. The van der Waals surface area contributed by atoms with E-state index in [9.17, 15) is 4.79 Å². The molecule has 0 spiro atoms. The number of nitrogens with one attached hydrogen (secondary N) is 1. The Hall–Kier alpha value is -2.08. The van der Waals surface area contributed by atoms with E-state index in [0.717, 1.165) is 10.6 Å². The van der Waals surface area contributed by atoms with Gasteiger partial charge in [-0.3, -0.25) is 4.79 Å². The molecule has 0 aliphatic heterocycles. The Labute approximate surface area is 121 Å². The fourth-order valence-electron chi connectivity index (χ4n) is 1.73. The number of nitrogen functional groups attached to an aromatic ring is 1. The predicted molar refractivity (Wildman–Crippen MR) is 81.5 cm³/mol. The number of Topliss-reactive ketones (excluding diaryl/α,β-unsaturated/α-hetero) is 1. The van der Waals surface area contributed by atoms with Crippen LogP contribution < -0.4 is 15.8 Å². The third-order valence-electron chi connectivity index (χ3n) is 2.81. The van der Waals surface area contributed by atoms with Crippen molar-refractivity contribution in [1.29, 1.82) is 0 Å². The number of rotatable bonds is 6. The normalized spacial score (nSPS) is 10.3. The van der Waals surface area contributed by atoms with Crippen LogP contribution in [0.2, 0.25) is 0 Å². The molecular weight excluding hydrogens is 274 g/mol. The monoisotopic (exact) mass is 291 g/mol. The standard InChI is InChI=1S/C14H17N3O2S/c1-3-11(18)14-10(15)7-13(20-14)17-8-9-4-5-16-12(6-9)19-2/h4-7,17H,3,8,15H2,1-2H3. The maximum absolute atomic E-state index is 11.7. The molecule has 0 saturated carbocycles. The molecule has 20 heavy (non-hydrogen) atoms. The molecule has 2 aromatic rings. The number of pyridine rings is 1. The van der Waals surface area contributed by atoms with Crippen molar-refractivity contribution in [2.45, 2.75) is 19.9 Å². The number of anilines is 2. The first-order chi connectivity index (χ1) is 9.63. The lowest BCUT2D eigenvalue weighted by atomic mass is 10.2. The van der Waals surface area contributed by atoms with Crippen LogP contribution in [0.15, 0.2) is 24.4 Å². The van der Waals surface area contributed by atoms with Gasteiger partial charge < -0.3 is 15.8 Å². The molecule has 0 unspecified atom stereocenters. The summed E-state index contributed by atoms with van der Waals surface area (Å²) in [6.07, 6.45) is 2.16. The summed E-state index contributed by atoms with van der Waals surface area (Å²) < 4.78 is 5.08. The van der Waals surface area contributed by atoms with Gasteiger partial charge in [0, 0.05) is 25.2 Å². The second-order valence-electron chi connectivity index (χ2n) is 4.23. The smallest absolute Gasteiger partial charge is 0.213 e. The van der Waals surface area contributed by atoms with Gasteiger partial charge in [-0.25, -0.2) is 4.98 Å². The predicted octanol–water partition coefficient (Wildman–Crippen LogP) is 2.94. The van der Waals surface area contributed by atoms with E-state index >= 15 is 0 Å². The molecule has 2 rings (SSSR count). The largest absolute Gasteiger partial charge is 0.481 e. The Bertz CT molecular complexity index is 610. The summed E-state index contributed by atoms with van der Waals surface area (Å²) in [4.78, 5) is 16.4. The molecule has 0 atom stereocenters. The van der Waals surface area contributed by atoms with Crippen LogP contribution in [0.5, 0.6) is 5.88 Å². The molecule has 106 valence electrons. The van der Waals surface area contributed by atoms with Gasteiger partial charge in [0.05, 0.1) is 22.7 Å². The third kappa shape index (κ3) is 3.27. The Balaban J connectivity index is 2.05. The van der Waals surface area contributed by atoms with Gasteiger partial charge in [0.1, 0.15) is 0 Å². The fourth-order valence-corrected chi connectivity index (χ4v) is 2.72. The van der Waals surface area contributed by atoms with Crippen LogP contribution in [0.4, 0.5) is 10.7 Å². The minimum absolute atomic E-state index is 0.0751. The van der Waals surface area contributed by atoms with Crippen molar-refractivity contribution in [2.24, 2.45) is 0 Å². The molecule has 6 heteroatoms. The summed E-state index contributed by atoms with van der Waals surface area (Å²) in [5.41, 5.74) is 7.44. The zero-order chi connectivity index (χ0) is 14.5. The van der Waals surface area contributed by atoms with E-state index in [1.54, 1.807) is 19.4 Å². The number of aromatic nitrogens is 1. The van der Waals surface area contributed by atoms with Crippen molar-refractivity contribution < 1.29 is 9.53 Å². The van der Waals surface area contributed by atoms with Crippen LogP contribution >= 0.6 is 11.3 Å². The minimum Gasteiger partial charge on any atom is -0.481 e. The van der Waals surface area contributed by atoms with E-state index in [0.29, 0.717) is 29.4 Å². The van der Waals surface area contributed by atoms with Gasteiger partial charge in [0.25, 0.3) is 0 Å². The van der Waals surface area contributed by atoms with Crippen molar-refractivity contribution in [3.63, 3.8) is 0 Å². The number of ketones is 1. The fraction of sp³-hybridized carbons (Fsp3) is 0.286. The summed E-state index contributed by atoms with van der Waals surface area (Å²) in [6.45, 7) is 2.45. The maximum atomic E-state index is 11.7. The second-order valence-corrected chi connectivity index (χ2v) is 5.28. The highest BCUT2D eigenvalue weighted by Gasteiger charge is 2.12. The molecule has 0 aliphatic rings. The van der Waals surface area contributed by atoms with Crippen molar-refractivity contribution in [3.05, 3.63) is 34.8 Å². The number of ether oxygens (including phenoxy) is 1. The number of thiophene rings is 1. The van der Waals surface area contributed by atoms with E-state index in [-0.39, 0.29) is 5.78 Å². The molecule has 0 bridgehead atoms. The Morgan fingerprint density at radius 2 is 2.30 bits per heavy atom. The Morgan fingerprint density at radius 3 is 3.00 bits per heavy atom. The number of carbonyl (C=O) groups excluding carboxylic acids is 1. The third-order valence-corrected chi connectivity index (χ3v) is 3.96. The van der Waals surface area contributed by atoms with Crippen molar-refractivity contribution in [3.8, 4) is 5.88 Å². The number of carbonyl (C=O) groups is 1. The summed E-state index contributed by atoms with van der Waals surface area (Å²) in [6, 6.07) is 5.57. The van der Waals surface area contributed by atoms with Gasteiger partial charge in [-0.2, -0.15) is 0 Å². The van der Waals surface area contributed by atoms with E-state index in [1.165, 1.54) is 11.3 Å². The molecule has 0 saturated heterocycles. The van der Waals surface area contributed by atoms with Gasteiger partial charge >= 0.3 is 0 Å². The second kappa shape index (κ2) is 6.38. The lowest BCUT2D eigenvalue weighted by Gasteiger charge is -2.05. The molecule has 0 aliphatic carbocycles. The highest BCUT2D eigenvalue weighted by molar-refractivity contribution is 7.18. The molecule has 0 radical (unpaired) electrons. The van der Waals surface area contributed by atoms with E-state index < -0.39 is 0 Å². The van der Waals surface area contributed by atoms with Crippen molar-refractivity contribution in [1.82, 2.24) is 4.98 Å². The molecule has 0 fully saturated rings. The zero-order valence-corrected chi connectivity index (χ0v) is 12.3. The molecule has 5 nitrogen and oxygen atoms in total. The number of hydrogen-bond donors (Lipinski definition) is 2. The molecule has 0 amide bonds. The average molecular weight is 291 g/mol. The van der Waals surface area contributed by atoms with Gasteiger partial charge in [-0.15, -0.1) is 11.3 Å². The summed E-state index contributed by atoms with van der Waals surface area (Å²) in [7, 11) is 1.59. The van der Waals surface area contributed by atoms with Gasteiger partial charge in [0.2, 0.25) is 5.88 Å². The zero-order valence-electron chi connectivity index (χ0n) is 11.5. The summed E-state index contributed by atoms with van der Waals surface area (Å²) >= 11 is 1.39. The van der Waals surface area contributed by atoms with Crippen LogP contribution in [0, 0.1) is 0 Å². The van der Waals surface area contributed by atoms with Crippen LogP contribution in [0.25, 0.3) is 0 Å². The highest BCUT2D eigenvalue weighted by Crippen LogP contribution is 2.30. The van der Waals surface area contributed by atoms with Crippen molar-refractivity contribution in [2.75, 3.05) is 18.2 Å². The Morgan fingerprint density at radius 1 is 1.50 bits per heavy atom. The minimum atomic E-state index is 0.0751. The maximum Gasteiger partial charge on any atom is 0.213 e. The SMILES string of the molecule is CCC(=O)c1sc(NCc2ccnc(OC)c2)cc1N. The van der Waals surface area contributed by atoms with Gasteiger partial charge in [-0.1, -0.05) is 6.92 Å². The van der Waals surface area contributed by atoms with E-state index in [1.807, 2.05) is 19.1 Å². The molecular formula is C14H17N3O2S. The average Bonchev–Trinajstić information content (AvgIpc) is 2.85. The quantitative estimate of drug-likeness (QED) is 0.800. The van der Waals surface area contributed by atoms with Crippen LogP contribution in [-0.2, 0) is 6.54 Å². The molecule has 2 aromatic heterocycles. The number of hydrogen-bond acceptors (Lipinski definition) is 6. The van der Waals surface area contributed by atoms with Gasteiger partial charge in [0.15, 0.2) is 5.78 Å². The van der Waals surface area contributed by atoms with Crippen LogP contribution in [-0.4, -0.2) is 17.9 Å². The van der Waals surface area contributed by atoms with Crippen molar-refractivity contribution >= 4 is 27.8 Å². The number of methoxy groups -OCH3 is 1. The Kier molecular flexibility index (Phi) is 4.57. The summed E-state index contributed by atoms with van der Waals surface area (Å²) in [5, 5.41) is 4.14. The lowest BCUT2D eigenvalue weighted by molar-refractivity contribution is 0.0993. The molecule has 3 N–H and O–H groups in total. The first-order valence-electron chi connectivity index (χ1n) is 6.29. The van der Waals surface area contributed by atoms with Gasteiger partial charge in [-0.05, 0) is 17.7 Å². The highest BCUT2D eigenvalue weighted by atomic mass is 32.1. The van der Waals surface area contributed by atoms with Crippen LogP contribution in [0.1, 0.15) is 28.6 Å². The first kappa shape index (κ1) is 14.3. The molecule has 0 aromatic carbocycles. The lowest BCUT2D eigenvalue weighted by Crippen LogP contribution is -1.98. The topological polar surface area (TPSA) is 77.2 Å².